The number of H-pyrrole nitrogens is 2. The summed E-state index contributed by atoms with van der Waals surface area (Å²) in [5.41, 5.74) is 8.51. The largest absolute Gasteiger partial charge is 0.350 e. The summed E-state index contributed by atoms with van der Waals surface area (Å²) in [4.78, 5) is 38.9. The first-order valence-corrected chi connectivity index (χ1v) is 32.6. The second kappa shape index (κ2) is 28.1. The van der Waals surface area contributed by atoms with Gasteiger partial charge in [0.25, 0.3) is 31.9 Å². The molecule has 16 heteroatoms. The molecule has 0 radical (unpaired) electrons. The molecule has 84 heavy (non-hydrogen) atoms. The lowest BCUT2D eigenvalue weighted by Gasteiger charge is -2.19. The third-order valence-corrected chi connectivity index (χ3v) is 18.3. The van der Waals surface area contributed by atoms with Crippen molar-refractivity contribution in [2.45, 2.75) is 141 Å². The van der Waals surface area contributed by atoms with Gasteiger partial charge >= 0.3 is 0 Å². The van der Waals surface area contributed by atoms with Crippen molar-refractivity contribution in [1.29, 1.82) is 0 Å². The Labute approximate surface area is 499 Å². The molecule has 448 valence electrons. The molecule has 2 amide bonds. The van der Waals surface area contributed by atoms with Gasteiger partial charge in [0.15, 0.2) is 0 Å². The highest BCUT2D eigenvalue weighted by Crippen LogP contribution is 2.37. The SMILES string of the molecule is CCN(CC)CCCC(C)NC(=O)c1[nH]c2ccc(NS(=O)(=O)c3ccc(C(C)(C)C)cc3)cc2c1-c1ccccc1.CCN(CC)CCCC(C)NC(=O)c1[nH]c2ccc(NS(=O)(=O)c3ccc(C(C)(C)C)cc3)cc2c1-c1ccccc1. The monoisotopic (exact) mass is 1180 g/mol. The Morgan fingerprint density at radius 2 is 0.810 bits per heavy atom. The molecule has 2 aromatic heterocycles. The molecular formula is C68H88N8O6S2. The number of fused-ring (bicyclic) bond motifs is 2. The van der Waals surface area contributed by atoms with E-state index in [9.17, 15) is 26.4 Å². The summed E-state index contributed by atoms with van der Waals surface area (Å²) in [5.74, 6) is -0.358. The number of nitrogens with one attached hydrogen (secondary N) is 6. The number of benzene rings is 6. The Bertz CT molecular complexity index is 3450. The Balaban J connectivity index is 0.000000241. The summed E-state index contributed by atoms with van der Waals surface area (Å²) in [7, 11) is -7.62. The van der Waals surface area contributed by atoms with Gasteiger partial charge < -0.3 is 30.4 Å². The zero-order chi connectivity index (χ0) is 61.0. The molecule has 0 aliphatic carbocycles. The van der Waals surface area contributed by atoms with E-state index < -0.39 is 20.0 Å². The second-order valence-corrected chi connectivity index (χ2v) is 27.2. The zero-order valence-electron chi connectivity index (χ0n) is 51.2. The molecule has 0 spiro atoms. The average molecular weight is 1180 g/mol. The first-order chi connectivity index (χ1) is 39.8. The van der Waals surface area contributed by atoms with E-state index in [1.165, 1.54) is 0 Å². The van der Waals surface area contributed by atoms with Gasteiger partial charge in [-0.1, -0.05) is 154 Å². The molecule has 6 aromatic carbocycles. The first kappa shape index (κ1) is 64.3. The van der Waals surface area contributed by atoms with Crippen LogP contribution < -0.4 is 20.1 Å². The smallest absolute Gasteiger partial charge is 0.268 e. The number of sulfonamides is 2. The lowest BCUT2D eigenvalue weighted by molar-refractivity contribution is 0.0925. The minimum Gasteiger partial charge on any atom is -0.350 e. The van der Waals surface area contributed by atoms with Crippen LogP contribution in [0.1, 0.15) is 141 Å². The fourth-order valence-corrected chi connectivity index (χ4v) is 12.5. The van der Waals surface area contributed by atoms with Crippen LogP contribution in [0.2, 0.25) is 0 Å². The van der Waals surface area contributed by atoms with Crippen molar-refractivity contribution in [2.75, 3.05) is 48.7 Å². The third kappa shape index (κ3) is 16.6. The van der Waals surface area contributed by atoms with E-state index in [1.807, 2.05) is 111 Å². The van der Waals surface area contributed by atoms with E-state index in [4.69, 9.17) is 0 Å². The summed E-state index contributed by atoms with van der Waals surface area (Å²) in [6.45, 7) is 31.4. The number of anilines is 2. The molecule has 0 aliphatic rings. The van der Waals surface area contributed by atoms with E-state index in [0.29, 0.717) is 22.8 Å². The fraction of sp³-hybridized carbons (Fsp3) is 0.382. The predicted molar refractivity (Wildman–Crippen MR) is 347 cm³/mol. The minimum atomic E-state index is -3.81. The first-order valence-electron chi connectivity index (χ1n) is 29.6. The fourth-order valence-electron chi connectivity index (χ4n) is 10.4. The Morgan fingerprint density at radius 3 is 1.12 bits per heavy atom. The molecule has 14 nitrogen and oxygen atoms in total. The number of hydrogen-bond acceptors (Lipinski definition) is 8. The Morgan fingerprint density at radius 1 is 0.476 bits per heavy atom. The van der Waals surface area contributed by atoms with Gasteiger partial charge in [0.1, 0.15) is 11.4 Å². The molecule has 8 rings (SSSR count). The number of aromatic amines is 2. The standard InChI is InChI=1S/2C34H44N4O3S/c2*1-7-38(8-2)22-12-13-24(3)35-33(39)32-31(25-14-10-9-11-15-25)29-23-27(18-21-30(29)36-32)37-42(40,41)28-19-16-26(17-20-28)34(4,5)6/h2*9-11,14-21,23-24,36-37H,7-8,12-13,22H2,1-6H3,(H,35,39). The number of carbonyl (C=O) groups excluding carboxylic acids is 2. The zero-order valence-corrected chi connectivity index (χ0v) is 52.9. The molecule has 2 heterocycles. The molecule has 0 bridgehead atoms. The summed E-state index contributed by atoms with van der Waals surface area (Å²) >= 11 is 0. The van der Waals surface area contributed by atoms with Crippen molar-refractivity contribution in [3.8, 4) is 22.3 Å². The minimum absolute atomic E-state index is 0.00939. The summed E-state index contributed by atoms with van der Waals surface area (Å²) < 4.78 is 58.5. The van der Waals surface area contributed by atoms with Gasteiger partial charge in [0, 0.05) is 56.4 Å². The molecular weight excluding hydrogens is 1090 g/mol. The normalized spacial score (nSPS) is 12.9. The van der Waals surface area contributed by atoms with Crippen LogP contribution in [0.4, 0.5) is 11.4 Å². The molecule has 6 N–H and O–H groups in total. The van der Waals surface area contributed by atoms with Crippen molar-refractivity contribution >= 4 is 65.0 Å². The van der Waals surface area contributed by atoms with Crippen LogP contribution in [0.15, 0.2) is 155 Å². The van der Waals surface area contributed by atoms with Gasteiger partial charge in [-0.05, 0) is 173 Å². The van der Waals surface area contributed by atoms with Crippen LogP contribution in [0.25, 0.3) is 44.1 Å². The highest BCUT2D eigenvalue weighted by atomic mass is 32.2. The maximum Gasteiger partial charge on any atom is 0.268 e. The Hall–Kier alpha value is -7.24. The molecule has 0 aliphatic heterocycles. The molecule has 2 unspecified atom stereocenters. The van der Waals surface area contributed by atoms with E-state index in [2.05, 4.69) is 109 Å². The number of amides is 2. The van der Waals surface area contributed by atoms with Crippen LogP contribution in [-0.4, -0.2) is 99.8 Å². The summed E-state index contributed by atoms with van der Waals surface area (Å²) in [6.07, 6.45) is 3.77. The number of nitrogens with zero attached hydrogens (tertiary/aromatic N) is 2. The van der Waals surface area contributed by atoms with Crippen molar-refractivity contribution in [1.82, 2.24) is 30.4 Å². The number of rotatable bonds is 24. The molecule has 8 aromatic rings. The van der Waals surface area contributed by atoms with Gasteiger partial charge in [0.05, 0.1) is 9.79 Å². The van der Waals surface area contributed by atoms with Crippen LogP contribution in [0, 0.1) is 0 Å². The number of aromatic nitrogens is 2. The molecule has 0 fully saturated rings. The van der Waals surface area contributed by atoms with Crippen LogP contribution in [0.3, 0.4) is 0 Å². The average Bonchev–Trinajstić information content (AvgIpc) is 3.72. The van der Waals surface area contributed by atoms with E-state index in [1.54, 1.807) is 48.5 Å². The van der Waals surface area contributed by atoms with Crippen LogP contribution in [0.5, 0.6) is 0 Å². The topological polar surface area (TPSA) is 189 Å². The summed E-state index contributed by atoms with van der Waals surface area (Å²) in [6, 6.07) is 44.0. The molecule has 2 atom stereocenters. The predicted octanol–water partition coefficient (Wildman–Crippen LogP) is 14.3. The van der Waals surface area contributed by atoms with E-state index in [0.717, 1.165) is 120 Å². The quantitative estimate of drug-likeness (QED) is 0.0345. The van der Waals surface area contributed by atoms with Crippen molar-refractivity contribution in [3.63, 3.8) is 0 Å². The lowest BCUT2D eigenvalue weighted by Crippen LogP contribution is -2.34. The lowest BCUT2D eigenvalue weighted by atomic mass is 9.87. The second-order valence-electron chi connectivity index (χ2n) is 23.8. The van der Waals surface area contributed by atoms with Crippen molar-refractivity contribution in [3.05, 3.63) is 168 Å². The van der Waals surface area contributed by atoms with Gasteiger partial charge in [-0.2, -0.15) is 0 Å². The van der Waals surface area contributed by atoms with Gasteiger partial charge in [-0.3, -0.25) is 19.0 Å². The van der Waals surface area contributed by atoms with Gasteiger partial charge in [0.2, 0.25) is 0 Å². The number of carbonyl (C=O) groups is 2. The van der Waals surface area contributed by atoms with E-state index >= 15 is 0 Å². The van der Waals surface area contributed by atoms with Crippen molar-refractivity contribution < 1.29 is 26.4 Å². The van der Waals surface area contributed by atoms with Crippen LogP contribution in [-0.2, 0) is 30.9 Å². The van der Waals surface area contributed by atoms with E-state index in [-0.39, 0.29) is 44.5 Å². The molecule has 0 saturated heterocycles. The van der Waals surface area contributed by atoms with Crippen molar-refractivity contribution in [2.24, 2.45) is 0 Å². The van der Waals surface area contributed by atoms with Gasteiger partial charge in [-0.15, -0.1) is 0 Å². The maximum atomic E-state index is 13.6. The third-order valence-electron chi connectivity index (χ3n) is 15.5. The molecule has 0 saturated carbocycles. The highest BCUT2D eigenvalue weighted by molar-refractivity contribution is 7.93. The highest BCUT2D eigenvalue weighted by Gasteiger charge is 2.25. The Kier molecular flexibility index (Phi) is 21.5. The number of hydrogen-bond donors (Lipinski definition) is 6. The maximum absolute atomic E-state index is 13.6. The van der Waals surface area contributed by atoms with Gasteiger partial charge in [-0.25, -0.2) is 16.8 Å². The summed E-state index contributed by atoms with van der Waals surface area (Å²) in [5, 5.41) is 7.87. The van der Waals surface area contributed by atoms with Crippen LogP contribution >= 0.6 is 0 Å².